The van der Waals surface area contributed by atoms with Crippen molar-refractivity contribution >= 4 is 46.6 Å². The summed E-state index contributed by atoms with van der Waals surface area (Å²) >= 11 is 14.1. The van der Waals surface area contributed by atoms with Gasteiger partial charge in [-0.1, -0.05) is 66.2 Å². The number of carbonyl (C=O) groups is 1. The van der Waals surface area contributed by atoms with Crippen molar-refractivity contribution < 1.29 is 14.3 Å². The zero-order valence-electron chi connectivity index (χ0n) is 17.9. The molecule has 170 valence electrons. The number of methoxy groups -OCH3 is 1. The van der Waals surface area contributed by atoms with Crippen LogP contribution in [0.2, 0.25) is 10.0 Å². The summed E-state index contributed by atoms with van der Waals surface area (Å²) in [6, 6.07) is 10.6. The average molecular weight is 503 g/mol. The Bertz CT molecular complexity index is 1220. The van der Waals surface area contributed by atoms with Gasteiger partial charge in [0.1, 0.15) is 5.75 Å². The van der Waals surface area contributed by atoms with E-state index in [4.69, 9.17) is 32.7 Å². The lowest BCUT2D eigenvalue weighted by molar-refractivity contribution is -0.120. The summed E-state index contributed by atoms with van der Waals surface area (Å²) in [5.74, 6) is 1.02. The zero-order chi connectivity index (χ0) is 23.5. The number of fused-ring (bicyclic) bond motifs is 3. The maximum absolute atomic E-state index is 13.3. The number of hydrogen-bond acceptors (Lipinski definition) is 7. The van der Waals surface area contributed by atoms with Crippen LogP contribution in [0.3, 0.4) is 0 Å². The summed E-state index contributed by atoms with van der Waals surface area (Å²) < 4.78 is 12.0. The van der Waals surface area contributed by atoms with Gasteiger partial charge in [-0.15, -0.1) is 16.8 Å². The second kappa shape index (κ2) is 9.99. The van der Waals surface area contributed by atoms with Crippen LogP contribution < -0.4 is 14.4 Å². The van der Waals surface area contributed by atoms with E-state index in [1.54, 1.807) is 30.0 Å². The molecule has 1 amide bonds. The van der Waals surface area contributed by atoms with Crippen LogP contribution in [0.1, 0.15) is 25.1 Å². The Labute approximate surface area is 205 Å². The SMILES string of the molecule is C=CCSc1nnc2c(n1)OC(c1cc(Cl)cc(Cl)c1OC)N(C(=O)CC)c1ccccc1-2. The Hall–Kier alpha value is -2.81. The summed E-state index contributed by atoms with van der Waals surface area (Å²) in [6.07, 6.45) is 1.03. The first kappa shape index (κ1) is 23.4. The van der Waals surface area contributed by atoms with Crippen molar-refractivity contribution in [3.05, 3.63) is 64.7 Å². The minimum atomic E-state index is -0.958. The summed E-state index contributed by atoms with van der Waals surface area (Å²) in [7, 11) is 1.50. The highest BCUT2D eigenvalue weighted by Crippen LogP contribution is 2.46. The van der Waals surface area contributed by atoms with Gasteiger partial charge in [0.05, 0.1) is 23.4 Å². The summed E-state index contributed by atoms with van der Waals surface area (Å²) in [5.41, 5.74) is 2.19. The number of para-hydroxylation sites is 1. The van der Waals surface area contributed by atoms with Gasteiger partial charge in [0.15, 0.2) is 5.69 Å². The zero-order valence-corrected chi connectivity index (χ0v) is 20.2. The molecule has 1 aromatic heterocycles. The molecule has 3 aromatic rings. The molecule has 7 nitrogen and oxygen atoms in total. The fraction of sp³-hybridized carbons (Fsp3) is 0.217. The van der Waals surface area contributed by atoms with Crippen molar-refractivity contribution in [2.24, 2.45) is 0 Å². The maximum atomic E-state index is 13.3. The Morgan fingerprint density at radius 1 is 1.30 bits per heavy atom. The first-order valence-corrected chi connectivity index (χ1v) is 11.8. The van der Waals surface area contributed by atoms with Crippen molar-refractivity contribution in [1.82, 2.24) is 15.2 Å². The van der Waals surface area contributed by atoms with Gasteiger partial charge in [-0.2, -0.15) is 4.98 Å². The van der Waals surface area contributed by atoms with Crippen molar-refractivity contribution in [2.45, 2.75) is 24.7 Å². The number of anilines is 1. The fourth-order valence-corrected chi connectivity index (χ4v) is 4.63. The largest absolute Gasteiger partial charge is 0.495 e. The molecule has 33 heavy (non-hydrogen) atoms. The minimum Gasteiger partial charge on any atom is -0.495 e. The van der Waals surface area contributed by atoms with Crippen LogP contribution in [0, 0.1) is 0 Å². The molecule has 2 heterocycles. The summed E-state index contributed by atoms with van der Waals surface area (Å²) in [5, 5.41) is 9.71. The van der Waals surface area contributed by atoms with E-state index in [2.05, 4.69) is 21.8 Å². The van der Waals surface area contributed by atoms with E-state index in [1.807, 2.05) is 24.3 Å². The highest BCUT2D eigenvalue weighted by molar-refractivity contribution is 7.99. The molecule has 1 aliphatic rings. The smallest absolute Gasteiger partial charge is 0.247 e. The van der Waals surface area contributed by atoms with Gasteiger partial charge in [-0.05, 0) is 18.2 Å². The van der Waals surface area contributed by atoms with Crippen molar-refractivity contribution in [1.29, 1.82) is 0 Å². The third kappa shape index (κ3) is 4.51. The average Bonchev–Trinajstić information content (AvgIpc) is 2.96. The van der Waals surface area contributed by atoms with Gasteiger partial charge in [0, 0.05) is 22.8 Å². The maximum Gasteiger partial charge on any atom is 0.247 e. The molecular weight excluding hydrogens is 483 g/mol. The van der Waals surface area contributed by atoms with E-state index in [-0.39, 0.29) is 18.2 Å². The molecule has 0 bridgehead atoms. The van der Waals surface area contributed by atoms with Crippen LogP contribution in [0.15, 0.2) is 54.2 Å². The standard InChI is InChI=1S/C23H20Cl2N4O3S/c1-4-10-33-23-26-21-19(27-28-23)14-8-6-7-9-17(14)29(18(30)5-2)22(32-21)15-11-13(24)12-16(25)20(15)31-3/h4,6-9,11-12,22H,1,5,10H2,2-3H3. The van der Waals surface area contributed by atoms with Gasteiger partial charge in [0.2, 0.25) is 23.2 Å². The van der Waals surface area contributed by atoms with E-state index in [1.165, 1.54) is 18.9 Å². The molecule has 0 saturated heterocycles. The number of nitrogens with zero attached hydrogens (tertiary/aromatic N) is 4. The van der Waals surface area contributed by atoms with E-state index < -0.39 is 6.23 Å². The molecule has 1 aliphatic heterocycles. The van der Waals surface area contributed by atoms with Gasteiger partial charge in [-0.3, -0.25) is 9.69 Å². The quantitative estimate of drug-likeness (QED) is 0.303. The van der Waals surface area contributed by atoms with Crippen LogP contribution in [-0.4, -0.2) is 34.0 Å². The number of ether oxygens (including phenoxy) is 2. The van der Waals surface area contributed by atoms with Gasteiger partial charge in [0.25, 0.3) is 0 Å². The lowest BCUT2D eigenvalue weighted by Gasteiger charge is -2.31. The number of benzene rings is 2. The first-order chi connectivity index (χ1) is 16.0. The third-order valence-electron chi connectivity index (χ3n) is 4.92. The Morgan fingerprint density at radius 3 is 2.82 bits per heavy atom. The second-order valence-electron chi connectivity index (χ2n) is 6.96. The Balaban J connectivity index is 1.99. The van der Waals surface area contributed by atoms with Gasteiger partial charge in [-0.25, -0.2) is 0 Å². The number of amides is 1. The highest BCUT2D eigenvalue weighted by atomic mass is 35.5. The molecule has 1 unspecified atom stereocenters. The molecule has 10 heteroatoms. The van der Waals surface area contributed by atoms with E-state index in [0.717, 1.165) is 0 Å². The fourth-order valence-electron chi connectivity index (χ4n) is 3.53. The molecular formula is C23H20Cl2N4O3S. The van der Waals surface area contributed by atoms with E-state index >= 15 is 0 Å². The number of aromatic nitrogens is 3. The molecule has 0 radical (unpaired) electrons. The predicted octanol–water partition coefficient (Wildman–Crippen LogP) is 5.97. The van der Waals surface area contributed by atoms with Crippen LogP contribution >= 0.6 is 35.0 Å². The lowest BCUT2D eigenvalue weighted by atomic mass is 10.1. The van der Waals surface area contributed by atoms with Crippen LogP contribution in [0.25, 0.3) is 11.3 Å². The van der Waals surface area contributed by atoms with Gasteiger partial charge >= 0.3 is 0 Å². The van der Waals surface area contributed by atoms with Crippen molar-refractivity contribution in [2.75, 3.05) is 17.8 Å². The summed E-state index contributed by atoms with van der Waals surface area (Å²) in [4.78, 5) is 19.4. The first-order valence-electron chi connectivity index (χ1n) is 10.1. The van der Waals surface area contributed by atoms with E-state index in [9.17, 15) is 4.79 Å². The second-order valence-corrected chi connectivity index (χ2v) is 8.79. The number of halogens is 2. The topological polar surface area (TPSA) is 77.4 Å². The Morgan fingerprint density at radius 2 is 2.09 bits per heavy atom. The molecule has 0 spiro atoms. The molecule has 4 rings (SSSR count). The number of carbonyl (C=O) groups excluding carboxylic acids is 1. The van der Waals surface area contributed by atoms with Crippen LogP contribution in [0.4, 0.5) is 5.69 Å². The van der Waals surface area contributed by atoms with E-state index in [0.29, 0.717) is 49.2 Å². The molecule has 2 aromatic carbocycles. The molecule has 0 N–H and O–H groups in total. The number of thioether (sulfide) groups is 1. The normalized spacial score (nSPS) is 14.5. The van der Waals surface area contributed by atoms with Crippen LogP contribution in [0.5, 0.6) is 11.6 Å². The molecule has 0 fully saturated rings. The number of hydrogen-bond donors (Lipinski definition) is 0. The Kier molecular flexibility index (Phi) is 7.07. The van der Waals surface area contributed by atoms with Gasteiger partial charge < -0.3 is 9.47 Å². The monoisotopic (exact) mass is 502 g/mol. The third-order valence-corrected chi connectivity index (χ3v) is 6.25. The van der Waals surface area contributed by atoms with Crippen molar-refractivity contribution in [3.63, 3.8) is 0 Å². The minimum absolute atomic E-state index is 0.173. The molecule has 1 atom stereocenters. The lowest BCUT2D eigenvalue weighted by Crippen LogP contribution is -2.37. The molecule has 0 saturated carbocycles. The number of rotatable bonds is 6. The predicted molar refractivity (Wildman–Crippen MR) is 130 cm³/mol. The van der Waals surface area contributed by atoms with Crippen LogP contribution in [-0.2, 0) is 4.79 Å². The highest BCUT2D eigenvalue weighted by Gasteiger charge is 2.37. The summed E-state index contributed by atoms with van der Waals surface area (Å²) in [6.45, 7) is 5.50. The molecule has 0 aliphatic carbocycles. The van der Waals surface area contributed by atoms with Crippen molar-refractivity contribution in [3.8, 4) is 22.9 Å².